The summed E-state index contributed by atoms with van der Waals surface area (Å²) in [4.78, 5) is 0. The summed E-state index contributed by atoms with van der Waals surface area (Å²) in [6.07, 6.45) is 6.44. The third-order valence-electron chi connectivity index (χ3n) is 0.433. The van der Waals surface area contributed by atoms with Gasteiger partial charge in [-0.05, 0) is 19.5 Å². The van der Waals surface area contributed by atoms with Crippen molar-refractivity contribution in [2.75, 3.05) is 6.61 Å². The maximum absolute atomic E-state index is 6.44. The van der Waals surface area contributed by atoms with E-state index in [0.717, 1.165) is 0 Å². The van der Waals surface area contributed by atoms with Crippen molar-refractivity contribution in [3.8, 4) is 5.92 Å². The van der Waals surface area contributed by atoms with Gasteiger partial charge in [0.15, 0.2) is 0 Å². The topological polar surface area (TPSA) is 9.23 Å². The molecule has 0 aromatic heterocycles. The molecule has 2 radical (unpaired) electrons. The lowest BCUT2D eigenvalue weighted by molar-refractivity contribution is 0.382. The number of hydrogen-bond acceptors (Lipinski definition) is 1. The number of rotatable bonds is 2. The zero-order chi connectivity index (χ0) is 5.70. The monoisotopic (exact) mass is 112 g/mol. The van der Waals surface area contributed by atoms with Gasteiger partial charge in [0, 0.05) is 0 Å². The Balaban J connectivity index is 2.86. The SMILES string of the molecule is [C]#CCO[Si](C)C. The molecule has 0 aliphatic rings. The van der Waals surface area contributed by atoms with Crippen LogP contribution in [0.3, 0.4) is 0 Å². The van der Waals surface area contributed by atoms with E-state index in [1.54, 1.807) is 0 Å². The molecule has 0 atom stereocenters. The largest absolute Gasteiger partial charge is 0.406 e. The fourth-order valence-electron chi connectivity index (χ4n) is 0.180. The fourth-order valence-corrected chi connectivity index (χ4v) is 0.541. The van der Waals surface area contributed by atoms with E-state index >= 15 is 0 Å². The molecule has 0 rings (SSSR count). The number of hydrogen-bond donors (Lipinski definition) is 0. The first-order valence-electron chi connectivity index (χ1n) is 2.10. The van der Waals surface area contributed by atoms with Crippen molar-refractivity contribution in [3.63, 3.8) is 0 Å². The third-order valence-corrected chi connectivity index (χ3v) is 1.15. The van der Waals surface area contributed by atoms with Crippen LogP contribution in [0.5, 0.6) is 0 Å². The van der Waals surface area contributed by atoms with Crippen LogP contribution in [0.2, 0.25) is 13.1 Å². The van der Waals surface area contributed by atoms with E-state index in [9.17, 15) is 0 Å². The summed E-state index contributed by atoms with van der Waals surface area (Å²) in [7, 11) is -0.580. The Hall–Kier alpha value is -0.263. The minimum atomic E-state index is -0.580. The summed E-state index contributed by atoms with van der Waals surface area (Å²) < 4.78 is 4.99. The molecule has 0 fully saturated rings. The van der Waals surface area contributed by atoms with Crippen LogP contribution >= 0.6 is 0 Å². The van der Waals surface area contributed by atoms with Crippen molar-refractivity contribution in [3.05, 3.63) is 6.42 Å². The smallest absolute Gasteiger partial charge is 0.206 e. The highest BCUT2D eigenvalue weighted by Gasteiger charge is 1.90. The summed E-state index contributed by atoms with van der Waals surface area (Å²) >= 11 is 0. The molecule has 0 amide bonds. The van der Waals surface area contributed by atoms with Gasteiger partial charge in [-0.2, -0.15) is 0 Å². The van der Waals surface area contributed by atoms with Crippen LogP contribution in [0.25, 0.3) is 0 Å². The van der Waals surface area contributed by atoms with Gasteiger partial charge in [-0.1, -0.05) is 5.92 Å². The molecule has 0 aromatic carbocycles. The molecule has 0 bridgehead atoms. The lowest BCUT2D eigenvalue weighted by Gasteiger charge is -1.96. The summed E-state index contributed by atoms with van der Waals surface area (Å²) in [6.45, 7) is 4.42. The van der Waals surface area contributed by atoms with Crippen molar-refractivity contribution in [2.45, 2.75) is 13.1 Å². The zero-order valence-electron chi connectivity index (χ0n) is 4.62. The van der Waals surface area contributed by atoms with Gasteiger partial charge in [0.25, 0.3) is 0 Å². The summed E-state index contributed by atoms with van der Waals surface area (Å²) in [5.41, 5.74) is 0. The second-order valence-corrected chi connectivity index (χ2v) is 3.48. The van der Waals surface area contributed by atoms with Crippen molar-refractivity contribution < 1.29 is 4.43 Å². The van der Waals surface area contributed by atoms with Crippen molar-refractivity contribution in [1.82, 2.24) is 0 Å². The molecule has 0 aliphatic heterocycles. The molecule has 2 heteroatoms. The van der Waals surface area contributed by atoms with Crippen LogP contribution in [0.4, 0.5) is 0 Å². The molecule has 1 nitrogen and oxygen atoms in total. The Morgan fingerprint density at radius 2 is 2.29 bits per heavy atom. The van der Waals surface area contributed by atoms with E-state index in [1.807, 2.05) is 13.1 Å². The molecular formula is C5H8OSi. The minimum Gasteiger partial charge on any atom is -0.406 e. The van der Waals surface area contributed by atoms with E-state index in [2.05, 4.69) is 5.92 Å². The van der Waals surface area contributed by atoms with E-state index in [0.29, 0.717) is 6.61 Å². The molecule has 0 aliphatic carbocycles. The Labute approximate surface area is 46.4 Å². The predicted octanol–water partition coefficient (Wildman–Crippen LogP) is 0.844. The first-order valence-corrected chi connectivity index (χ1v) is 4.50. The van der Waals surface area contributed by atoms with Crippen LogP contribution in [-0.4, -0.2) is 15.6 Å². The van der Waals surface area contributed by atoms with Gasteiger partial charge >= 0.3 is 0 Å². The van der Waals surface area contributed by atoms with Crippen molar-refractivity contribution in [2.24, 2.45) is 0 Å². The zero-order valence-corrected chi connectivity index (χ0v) is 5.62. The highest BCUT2D eigenvalue weighted by atomic mass is 28.3. The van der Waals surface area contributed by atoms with E-state index in [4.69, 9.17) is 10.8 Å². The average molecular weight is 112 g/mol. The second-order valence-electron chi connectivity index (χ2n) is 1.37. The molecule has 0 heterocycles. The molecular weight excluding hydrogens is 104 g/mol. The summed E-state index contributed by atoms with van der Waals surface area (Å²) in [5.74, 6) is 2.15. The third kappa shape index (κ3) is 5.74. The summed E-state index contributed by atoms with van der Waals surface area (Å²) in [6, 6.07) is 0. The normalized spacial score (nSPS) is 8.86. The van der Waals surface area contributed by atoms with E-state index < -0.39 is 9.04 Å². The highest BCUT2D eigenvalue weighted by molar-refractivity contribution is 6.48. The van der Waals surface area contributed by atoms with Crippen molar-refractivity contribution >= 4 is 9.04 Å². The average Bonchev–Trinajstić information content (AvgIpc) is 1.61. The molecule has 38 valence electrons. The van der Waals surface area contributed by atoms with Crippen molar-refractivity contribution in [1.29, 1.82) is 0 Å². The summed E-state index contributed by atoms with van der Waals surface area (Å²) in [5, 5.41) is 0. The first kappa shape index (κ1) is 6.74. The molecule has 0 saturated heterocycles. The maximum atomic E-state index is 6.44. The van der Waals surface area contributed by atoms with E-state index in [1.165, 1.54) is 0 Å². The maximum Gasteiger partial charge on any atom is 0.206 e. The molecule has 0 N–H and O–H groups in total. The highest BCUT2D eigenvalue weighted by Crippen LogP contribution is 1.79. The van der Waals surface area contributed by atoms with Crippen LogP contribution < -0.4 is 0 Å². The Morgan fingerprint density at radius 1 is 1.71 bits per heavy atom. The van der Waals surface area contributed by atoms with Gasteiger partial charge in [-0.15, -0.1) is 0 Å². The second kappa shape index (κ2) is 3.91. The predicted molar refractivity (Wildman–Crippen MR) is 30.6 cm³/mol. The van der Waals surface area contributed by atoms with Crippen LogP contribution in [0.1, 0.15) is 0 Å². The standard InChI is InChI=1S/C5H8OSi/c1-4-5-6-7(2)3/h5H2,2-3H3. The van der Waals surface area contributed by atoms with Gasteiger partial charge in [-0.3, -0.25) is 0 Å². The molecule has 0 spiro atoms. The van der Waals surface area contributed by atoms with Gasteiger partial charge in [0.1, 0.15) is 0 Å². The Bertz CT molecular complexity index is 72.6. The van der Waals surface area contributed by atoms with Crippen LogP contribution in [0.15, 0.2) is 0 Å². The quantitative estimate of drug-likeness (QED) is 0.380. The van der Waals surface area contributed by atoms with Gasteiger partial charge in [0.05, 0.1) is 6.61 Å². The Kier molecular flexibility index (Phi) is 3.76. The van der Waals surface area contributed by atoms with Gasteiger partial charge in [-0.25, -0.2) is 0 Å². The van der Waals surface area contributed by atoms with Crippen LogP contribution in [-0.2, 0) is 4.43 Å². The molecule has 0 unspecified atom stereocenters. The van der Waals surface area contributed by atoms with E-state index in [-0.39, 0.29) is 0 Å². The van der Waals surface area contributed by atoms with Gasteiger partial charge < -0.3 is 4.43 Å². The van der Waals surface area contributed by atoms with Gasteiger partial charge in [0.2, 0.25) is 9.04 Å². The lowest BCUT2D eigenvalue weighted by atomic mass is 10.8. The molecule has 7 heavy (non-hydrogen) atoms. The minimum absolute atomic E-state index is 0.362. The lowest BCUT2D eigenvalue weighted by Crippen LogP contribution is -2.06. The molecule has 0 saturated carbocycles. The fraction of sp³-hybridized carbons (Fsp3) is 0.600. The molecule has 0 aromatic rings. The first-order chi connectivity index (χ1) is 3.27. The Morgan fingerprint density at radius 3 is 2.43 bits per heavy atom. The van der Waals surface area contributed by atoms with Crippen LogP contribution in [0, 0.1) is 12.3 Å².